The molecule has 4 rings (SSSR count). The van der Waals surface area contributed by atoms with Crippen LogP contribution in [0, 0.1) is 0 Å². The van der Waals surface area contributed by atoms with E-state index in [4.69, 9.17) is 4.74 Å². The summed E-state index contributed by atoms with van der Waals surface area (Å²) in [6.45, 7) is 1.85. The number of morpholine rings is 1. The van der Waals surface area contributed by atoms with Gasteiger partial charge in [-0.3, -0.25) is 0 Å². The van der Waals surface area contributed by atoms with Crippen LogP contribution in [0.1, 0.15) is 44.9 Å². The Bertz CT molecular complexity index is 1040. The first-order chi connectivity index (χ1) is 16.3. The molecular formula is C22H34N4O6S2. The van der Waals surface area contributed by atoms with E-state index in [0.717, 1.165) is 25.7 Å². The van der Waals surface area contributed by atoms with Crippen molar-refractivity contribution < 1.29 is 26.4 Å². The third-order valence-corrected chi connectivity index (χ3v) is 10.6. The van der Waals surface area contributed by atoms with Crippen LogP contribution in [-0.4, -0.2) is 83.0 Å². The number of amides is 2. The summed E-state index contributed by atoms with van der Waals surface area (Å²) in [7, 11) is -7.43. The van der Waals surface area contributed by atoms with Gasteiger partial charge in [-0.25, -0.2) is 21.6 Å². The second-order valence-electron chi connectivity index (χ2n) is 9.12. The van der Waals surface area contributed by atoms with Gasteiger partial charge in [0.05, 0.1) is 23.0 Å². The molecule has 12 heteroatoms. The van der Waals surface area contributed by atoms with Crippen molar-refractivity contribution in [2.45, 2.75) is 66.8 Å². The van der Waals surface area contributed by atoms with Crippen LogP contribution in [0.2, 0.25) is 0 Å². The molecule has 2 N–H and O–H groups in total. The lowest BCUT2D eigenvalue weighted by Gasteiger charge is -2.32. The zero-order valence-electron chi connectivity index (χ0n) is 19.3. The molecule has 10 nitrogen and oxygen atoms in total. The SMILES string of the molecule is O=C(NC1CCCCC1)NC1CCN(S(=O)(=O)c2ccc(S(=O)(=O)N3CCOCC3)cc2)CC1. The van der Waals surface area contributed by atoms with Crippen LogP contribution in [0.3, 0.4) is 0 Å². The minimum atomic E-state index is -3.75. The number of piperidine rings is 1. The molecular weight excluding hydrogens is 480 g/mol. The molecule has 2 aliphatic heterocycles. The molecule has 0 spiro atoms. The fourth-order valence-electron chi connectivity index (χ4n) is 4.77. The van der Waals surface area contributed by atoms with E-state index in [1.165, 1.54) is 39.3 Å². The molecule has 2 saturated heterocycles. The smallest absolute Gasteiger partial charge is 0.315 e. The number of hydrogen-bond donors (Lipinski definition) is 2. The van der Waals surface area contributed by atoms with Crippen LogP contribution in [-0.2, 0) is 24.8 Å². The normalized spacial score (nSPS) is 22.4. The third kappa shape index (κ3) is 5.91. The highest BCUT2D eigenvalue weighted by Gasteiger charge is 2.31. The first-order valence-corrected chi connectivity index (χ1v) is 14.9. The van der Waals surface area contributed by atoms with Crippen molar-refractivity contribution in [2.75, 3.05) is 39.4 Å². The third-order valence-electron chi connectivity index (χ3n) is 6.80. The summed E-state index contributed by atoms with van der Waals surface area (Å²) >= 11 is 0. The zero-order chi connectivity index (χ0) is 24.2. The Morgan fingerprint density at radius 1 is 0.706 bits per heavy atom. The number of sulfonamides is 2. The van der Waals surface area contributed by atoms with Gasteiger partial charge in [0.2, 0.25) is 20.0 Å². The van der Waals surface area contributed by atoms with Crippen molar-refractivity contribution in [2.24, 2.45) is 0 Å². The Morgan fingerprint density at radius 3 is 1.65 bits per heavy atom. The first kappa shape index (κ1) is 25.4. The summed E-state index contributed by atoms with van der Waals surface area (Å²) in [4.78, 5) is 12.4. The molecule has 3 fully saturated rings. The molecule has 0 radical (unpaired) electrons. The molecule has 0 aromatic heterocycles. The van der Waals surface area contributed by atoms with Gasteiger partial charge in [-0.1, -0.05) is 19.3 Å². The summed E-state index contributed by atoms with van der Waals surface area (Å²) < 4.78 is 59.7. The van der Waals surface area contributed by atoms with Crippen LogP contribution < -0.4 is 10.6 Å². The number of urea groups is 1. The Balaban J connectivity index is 1.31. The number of ether oxygens (including phenoxy) is 1. The van der Waals surface area contributed by atoms with E-state index < -0.39 is 20.0 Å². The molecule has 1 saturated carbocycles. The van der Waals surface area contributed by atoms with Gasteiger partial charge in [0.1, 0.15) is 0 Å². The topological polar surface area (TPSA) is 125 Å². The molecule has 1 aromatic carbocycles. The molecule has 34 heavy (non-hydrogen) atoms. The van der Waals surface area contributed by atoms with Crippen molar-refractivity contribution in [3.8, 4) is 0 Å². The fraction of sp³-hybridized carbons (Fsp3) is 0.682. The van der Waals surface area contributed by atoms with E-state index in [1.807, 2.05) is 0 Å². The van der Waals surface area contributed by atoms with Crippen LogP contribution in [0.15, 0.2) is 34.1 Å². The predicted octanol–water partition coefficient (Wildman–Crippen LogP) is 1.49. The molecule has 190 valence electrons. The fourth-order valence-corrected chi connectivity index (χ4v) is 7.65. The van der Waals surface area contributed by atoms with E-state index in [1.54, 1.807) is 0 Å². The summed E-state index contributed by atoms with van der Waals surface area (Å²) in [6, 6.07) is 5.38. The minimum Gasteiger partial charge on any atom is -0.379 e. The number of rotatable bonds is 6. The van der Waals surface area contributed by atoms with E-state index in [9.17, 15) is 21.6 Å². The Morgan fingerprint density at radius 2 is 1.15 bits per heavy atom. The second kappa shape index (κ2) is 10.9. The molecule has 1 aromatic rings. The van der Waals surface area contributed by atoms with Crippen molar-refractivity contribution in [1.29, 1.82) is 0 Å². The largest absolute Gasteiger partial charge is 0.379 e. The van der Waals surface area contributed by atoms with E-state index in [2.05, 4.69) is 10.6 Å². The van der Waals surface area contributed by atoms with Crippen molar-refractivity contribution >= 4 is 26.1 Å². The number of nitrogens with zero attached hydrogens (tertiary/aromatic N) is 2. The monoisotopic (exact) mass is 514 g/mol. The lowest BCUT2D eigenvalue weighted by Crippen LogP contribution is -2.51. The standard InChI is InChI=1S/C22H34N4O6S2/c27-22(23-18-4-2-1-3-5-18)24-19-10-12-25(13-11-19)33(28,29)20-6-8-21(9-7-20)34(30,31)26-14-16-32-17-15-26/h6-9,18-19H,1-5,10-17H2,(H2,23,24,27). The number of nitrogens with one attached hydrogen (secondary N) is 2. The summed E-state index contributed by atoms with van der Waals surface area (Å²) in [5.74, 6) is 0. The Labute approximate surface area is 202 Å². The summed E-state index contributed by atoms with van der Waals surface area (Å²) in [5.41, 5.74) is 0. The highest BCUT2D eigenvalue weighted by molar-refractivity contribution is 7.89. The maximum atomic E-state index is 13.1. The molecule has 3 aliphatic rings. The molecule has 0 unspecified atom stereocenters. The maximum Gasteiger partial charge on any atom is 0.315 e. The number of carbonyl (C=O) groups excluding carboxylic acids is 1. The second-order valence-corrected chi connectivity index (χ2v) is 13.0. The van der Waals surface area contributed by atoms with Crippen LogP contribution >= 0.6 is 0 Å². The minimum absolute atomic E-state index is 0.0647. The summed E-state index contributed by atoms with van der Waals surface area (Å²) in [5, 5.41) is 6.01. The number of hydrogen-bond acceptors (Lipinski definition) is 6. The average Bonchev–Trinajstić information content (AvgIpc) is 2.85. The van der Waals surface area contributed by atoms with Gasteiger partial charge in [-0.05, 0) is 49.9 Å². The first-order valence-electron chi connectivity index (χ1n) is 12.0. The van der Waals surface area contributed by atoms with Crippen molar-refractivity contribution in [3.63, 3.8) is 0 Å². The lowest BCUT2D eigenvalue weighted by atomic mass is 9.96. The van der Waals surface area contributed by atoms with Gasteiger partial charge in [0, 0.05) is 38.3 Å². The van der Waals surface area contributed by atoms with Crippen LogP contribution in [0.5, 0.6) is 0 Å². The van der Waals surface area contributed by atoms with E-state index in [-0.39, 0.29) is 41.0 Å². The van der Waals surface area contributed by atoms with Crippen molar-refractivity contribution in [3.05, 3.63) is 24.3 Å². The zero-order valence-corrected chi connectivity index (χ0v) is 20.9. The Hall–Kier alpha value is -1.73. The van der Waals surface area contributed by atoms with E-state index in [0.29, 0.717) is 39.1 Å². The maximum absolute atomic E-state index is 13.1. The molecule has 1 aliphatic carbocycles. The quantitative estimate of drug-likeness (QED) is 0.593. The van der Waals surface area contributed by atoms with Crippen LogP contribution in [0.4, 0.5) is 4.79 Å². The van der Waals surface area contributed by atoms with Gasteiger partial charge < -0.3 is 15.4 Å². The molecule has 2 amide bonds. The molecule has 2 heterocycles. The molecule has 0 atom stereocenters. The summed E-state index contributed by atoms with van der Waals surface area (Å²) in [6.07, 6.45) is 6.58. The van der Waals surface area contributed by atoms with Gasteiger partial charge in [0.15, 0.2) is 0 Å². The highest BCUT2D eigenvalue weighted by Crippen LogP contribution is 2.24. The highest BCUT2D eigenvalue weighted by atomic mass is 32.2. The van der Waals surface area contributed by atoms with Gasteiger partial charge >= 0.3 is 6.03 Å². The molecule has 0 bridgehead atoms. The van der Waals surface area contributed by atoms with Gasteiger partial charge in [-0.2, -0.15) is 8.61 Å². The van der Waals surface area contributed by atoms with Gasteiger partial charge in [-0.15, -0.1) is 0 Å². The van der Waals surface area contributed by atoms with Gasteiger partial charge in [0.25, 0.3) is 0 Å². The number of carbonyl (C=O) groups is 1. The number of benzene rings is 1. The lowest BCUT2D eigenvalue weighted by molar-refractivity contribution is 0.0730. The predicted molar refractivity (Wildman–Crippen MR) is 126 cm³/mol. The Kier molecular flexibility index (Phi) is 8.13. The van der Waals surface area contributed by atoms with Crippen molar-refractivity contribution in [1.82, 2.24) is 19.2 Å². The van der Waals surface area contributed by atoms with Crippen LogP contribution in [0.25, 0.3) is 0 Å². The van der Waals surface area contributed by atoms with E-state index >= 15 is 0 Å². The average molecular weight is 515 g/mol.